The van der Waals surface area contributed by atoms with Crippen LogP contribution >= 0.6 is 0 Å². The van der Waals surface area contributed by atoms with Gasteiger partial charge in [0.1, 0.15) is 0 Å². The molecule has 0 saturated carbocycles. The van der Waals surface area contributed by atoms with Gasteiger partial charge in [-0.1, -0.05) is 58.9 Å². The summed E-state index contributed by atoms with van der Waals surface area (Å²) in [5, 5.41) is 15.6. The maximum absolute atomic E-state index is 11.7. The highest BCUT2D eigenvalue weighted by atomic mass is 32.2. The molecule has 2 aromatic carbocycles. The average molecular weight is 442 g/mol. The lowest BCUT2D eigenvalue weighted by Crippen LogP contribution is -2.27. The number of benzene rings is 2. The maximum Gasteiger partial charge on any atom is 0.175 e. The third-order valence-electron chi connectivity index (χ3n) is 5.33. The molecule has 0 amide bonds. The summed E-state index contributed by atoms with van der Waals surface area (Å²) in [6.45, 7) is 11.5. The minimum absolute atomic E-state index is 0.119. The van der Waals surface area contributed by atoms with Crippen molar-refractivity contribution in [1.82, 2.24) is 25.5 Å². The molecule has 0 aliphatic carbocycles. The van der Waals surface area contributed by atoms with Crippen LogP contribution in [0.2, 0.25) is 0 Å². The summed E-state index contributed by atoms with van der Waals surface area (Å²) in [6.07, 6.45) is 1.19. The van der Waals surface area contributed by atoms with Gasteiger partial charge in [0.2, 0.25) is 0 Å². The van der Waals surface area contributed by atoms with E-state index in [0.29, 0.717) is 24.0 Å². The molecule has 3 rings (SSSR count). The molecule has 166 valence electrons. The Bertz CT molecular complexity index is 1110. The van der Waals surface area contributed by atoms with E-state index in [-0.39, 0.29) is 16.4 Å². The van der Waals surface area contributed by atoms with Crippen molar-refractivity contribution >= 4 is 9.84 Å². The first kappa shape index (κ1) is 23.1. The van der Waals surface area contributed by atoms with Crippen molar-refractivity contribution in [2.24, 2.45) is 5.92 Å². The lowest BCUT2D eigenvalue weighted by molar-refractivity contribution is 0.403. The van der Waals surface area contributed by atoms with Crippen molar-refractivity contribution in [2.45, 2.75) is 57.5 Å². The molecule has 1 heterocycles. The van der Waals surface area contributed by atoms with Crippen LogP contribution in [-0.4, -0.2) is 34.9 Å². The fourth-order valence-electron chi connectivity index (χ4n) is 3.48. The van der Waals surface area contributed by atoms with Crippen LogP contribution < -0.4 is 5.32 Å². The van der Waals surface area contributed by atoms with Crippen LogP contribution in [0.1, 0.15) is 57.6 Å². The van der Waals surface area contributed by atoms with Crippen molar-refractivity contribution in [2.75, 3.05) is 6.26 Å². The van der Waals surface area contributed by atoms with Crippen molar-refractivity contribution in [3.8, 4) is 5.69 Å². The molecule has 0 aliphatic rings. The van der Waals surface area contributed by atoms with Crippen LogP contribution in [0.15, 0.2) is 53.4 Å². The van der Waals surface area contributed by atoms with Gasteiger partial charge in [-0.25, -0.2) is 8.42 Å². The number of hydrogen-bond acceptors (Lipinski definition) is 6. The number of nitrogens with zero attached hydrogens (tertiary/aromatic N) is 4. The van der Waals surface area contributed by atoms with Gasteiger partial charge < -0.3 is 5.32 Å². The van der Waals surface area contributed by atoms with Gasteiger partial charge in [0.15, 0.2) is 15.7 Å². The van der Waals surface area contributed by atoms with Gasteiger partial charge in [0.25, 0.3) is 0 Å². The molecule has 1 N–H and O–H groups in total. The molecular formula is C23H31N5O2S. The Balaban J connectivity index is 1.78. The lowest BCUT2D eigenvalue weighted by Gasteiger charge is -2.25. The van der Waals surface area contributed by atoms with E-state index >= 15 is 0 Å². The second-order valence-corrected chi connectivity index (χ2v) is 11.3. The summed E-state index contributed by atoms with van der Waals surface area (Å²) in [5.74, 6) is 1.03. The fraction of sp³-hybridized carbons (Fsp3) is 0.435. The van der Waals surface area contributed by atoms with Gasteiger partial charge in [-0.05, 0) is 57.2 Å². The largest absolute Gasteiger partial charge is 0.303 e. The highest BCUT2D eigenvalue weighted by molar-refractivity contribution is 7.90. The maximum atomic E-state index is 11.7. The highest BCUT2D eigenvalue weighted by Gasteiger charge is 2.19. The van der Waals surface area contributed by atoms with Crippen molar-refractivity contribution in [1.29, 1.82) is 0 Å². The van der Waals surface area contributed by atoms with Gasteiger partial charge in [0, 0.05) is 12.3 Å². The Morgan fingerprint density at radius 3 is 2.13 bits per heavy atom. The average Bonchev–Trinajstić information content (AvgIpc) is 3.15. The smallest absolute Gasteiger partial charge is 0.175 e. The number of hydrogen-bond donors (Lipinski definition) is 1. The zero-order valence-electron chi connectivity index (χ0n) is 19.0. The molecule has 0 aliphatic heterocycles. The second kappa shape index (κ2) is 8.88. The van der Waals surface area contributed by atoms with Gasteiger partial charge in [-0.2, -0.15) is 4.68 Å². The first-order valence-corrected chi connectivity index (χ1v) is 12.3. The Morgan fingerprint density at radius 1 is 1.00 bits per heavy atom. The highest BCUT2D eigenvalue weighted by Crippen LogP contribution is 2.27. The van der Waals surface area contributed by atoms with Crippen LogP contribution in [0.25, 0.3) is 5.69 Å². The summed E-state index contributed by atoms with van der Waals surface area (Å²) in [6, 6.07) is 15.5. The monoisotopic (exact) mass is 441 g/mol. The summed E-state index contributed by atoms with van der Waals surface area (Å²) in [4.78, 5) is 0.266. The Kier molecular flexibility index (Phi) is 6.62. The van der Waals surface area contributed by atoms with Gasteiger partial charge >= 0.3 is 0 Å². The standard InChI is InChI=1S/C23H31N5O2S/c1-16(2)22(17-7-9-18(10-8-17)23(3,4)5)24-15-21-25-26-27-28(21)19-11-13-20(14-12-19)31(6,29)30/h7-14,16,22,24H,15H2,1-6H3. The third kappa shape index (κ3) is 5.57. The second-order valence-electron chi connectivity index (χ2n) is 9.25. The van der Waals surface area contributed by atoms with E-state index in [9.17, 15) is 8.42 Å². The Morgan fingerprint density at radius 2 is 1.61 bits per heavy atom. The number of sulfone groups is 1. The van der Waals surface area contributed by atoms with Crippen molar-refractivity contribution in [3.05, 3.63) is 65.5 Å². The van der Waals surface area contributed by atoms with Crippen LogP contribution in [0, 0.1) is 5.92 Å². The van der Waals surface area contributed by atoms with Crippen LogP contribution in [0.5, 0.6) is 0 Å². The van der Waals surface area contributed by atoms with Crippen LogP contribution in [0.3, 0.4) is 0 Å². The summed E-state index contributed by atoms with van der Waals surface area (Å²) >= 11 is 0. The molecule has 7 nitrogen and oxygen atoms in total. The number of aromatic nitrogens is 4. The van der Waals surface area contributed by atoms with E-state index in [4.69, 9.17) is 0 Å². The molecule has 1 atom stereocenters. The SMILES string of the molecule is CC(C)C(NCc1nnnn1-c1ccc(S(C)(=O)=O)cc1)c1ccc(C(C)(C)C)cc1. The van der Waals surface area contributed by atoms with E-state index in [0.717, 1.165) is 0 Å². The molecule has 3 aromatic rings. The van der Waals surface area contributed by atoms with E-state index < -0.39 is 9.84 Å². The van der Waals surface area contributed by atoms with Crippen LogP contribution in [-0.2, 0) is 21.8 Å². The fourth-order valence-corrected chi connectivity index (χ4v) is 4.11. The summed E-state index contributed by atoms with van der Waals surface area (Å²) in [5.41, 5.74) is 3.36. The van der Waals surface area contributed by atoms with Gasteiger partial charge in [0.05, 0.1) is 17.1 Å². The third-order valence-corrected chi connectivity index (χ3v) is 6.45. The molecule has 0 bridgehead atoms. The molecular weight excluding hydrogens is 410 g/mol. The summed E-state index contributed by atoms with van der Waals surface area (Å²) < 4.78 is 25.0. The molecule has 31 heavy (non-hydrogen) atoms. The Labute approximate surface area is 184 Å². The van der Waals surface area contributed by atoms with E-state index in [1.165, 1.54) is 17.4 Å². The van der Waals surface area contributed by atoms with E-state index in [1.807, 2.05) is 0 Å². The van der Waals surface area contributed by atoms with Gasteiger partial charge in [-0.3, -0.25) is 0 Å². The van der Waals surface area contributed by atoms with E-state index in [2.05, 4.69) is 79.7 Å². The predicted molar refractivity (Wildman–Crippen MR) is 122 cm³/mol. The van der Waals surface area contributed by atoms with Gasteiger partial charge in [-0.15, -0.1) is 5.10 Å². The first-order valence-electron chi connectivity index (χ1n) is 10.4. The molecule has 1 unspecified atom stereocenters. The zero-order valence-corrected chi connectivity index (χ0v) is 19.8. The molecule has 8 heteroatoms. The quantitative estimate of drug-likeness (QED) is 0.599. The minimum atomic E-state index is -3.25. The van der Waals surface area contributed by atoms with Crippen molar-refractivity contribution in [3.63, 3.8) is 0 Å². The molecule has 0 fully saturated rings. The minimum Gasteiger partial charge on any atom is -0.303 e. The molecule has 0 radical (unpaired) electrons. The normalized spacial score (nSPS) is 13.5. The number of nitrogens with one attached hydrogen (secondary N) is 1. The molecule has 0 spiro atoms. The van der Waals surface area contributed by atoms with Crippen molar-refractivity contribution < 1.29 is 8.42 Å². The topological polar surface area (TPSA) is 89.8 Å². The number of rotatable bonds is 7. The lowest BCUT2D eigenvalue weighted by atomic mass is 9.85. The first-order chi connectivity index (χ1) is 14.5. The molecule has 1 aromatic heterocycles. The summed E-state index contributed by atoms with van der Waals surface area (Å²) in [7, 11) is -3.25. The van der Waals surface area contributed by atoms with Crippen LogP contribution in [0.4, 0.5) is 0 Å². The number of tetrazole rings is 1. The Hall–Kier alpha value is -2.58. The predicted octanol–water partition coefficient (Wildman–Crippen LogP) is 3.85. The molecule has 0 saturated heterocycles. The zero-order chi connectivity index (χ0) is 22.8. The van der Waals surface area contributed by atoms with E-state index in [1.54, 1.807) is 28.9 Å².